The molecule has 3 atom stereocenters. The Morgan fingerprint density at radius 3 is 2.35 bits per heavy atom. The van der Waals surface area contributed by atoms with Crippen molar-refractivity contribution >= 4 is 5.90 Å². The summed E-state index contributed by atoms with van der Waals surface area (Å²) in [6.45, 7) is 16.2. The van der Waals surface area contributed by atoms with Gasteiger partial charge in [0.1, 0.15) is 6.61 Å². The first-order valence-electron chi connectivity index (χ1n) is 9.11. The van der Waals surface area contributed by atoms with Gasteiger partial charge in [0, 0.05) is 0 Å². The fraction of sp³-hybridized carbons (Fsp3) is 0.667. The van der Waals surface area contributed by atoms with E-state index in [1.165, 1.54) is 50.5 Å². The molecule has 0 amide bonds. The van der Waals surface area contributed by atoms with E-state index in [1.807, 2.05) is 19.9 Å². The van der Waals surface area contributed by atoms with Gasteiger partial charge in [0.05, 0.1) is 5.54 Å². The van der Waals surface area contributed by atoms with Crippen LogP contribution in [0.15, 0.2) is 42.5 Å². The van der Waals surface area contributed by atoms with Crippen LogP contribution in [-0.2, 0) is 4.74 Å². The minimum absolute atomic E-state index is 0.0382. The molecule has 2 heteroatoms. The van der Waals surface area contributed by atoms with Crippen molar-refractivity contribution in [2.45, 2.75) is 64.3 Å². The highest BCUT2D eigenvalue weighted by molar-refractivity contribution is 5.88. The summed E-state index contributed by atoms with van der Waals surface area (Å²) in [6.07, 6.45) is 13.7. The molecule has 1 aliphatic heterocycles. The Balaban J connectivity index is 0.000000185. The smallest absolute Gasteiger partial charge is 0.208 e. The lowest BCUT2D eigenvalue weighted by Gasteiger charge is -2.39. The highest BCUT2D eigenvalue weighted by atomic mass is 16.5. The zero-order valence-corrected chi connectivity index (χ0v) is 15.0. The first-order chi connectivity index (χ1) is 10.9. The van der Waals surface area contributed by atoms with Crippen LogP contribution in [0.2, 0.25) is 0 Å². The monoisotopic (exact) mass is 315 g/mol. The summed E-state index contributed by atoms with van der Waals surface area (Å²) in [6, 6.07) is 0. The highest BCUT2D eigenvalue weighted by Gasteiger charge is 2.32. The maximum absolute atomic E-state index is 5.15. The Morgan fingerprint density at radius 2 is 1.83 bits per heavy atom. The quantitative estimate of drug-likeness (QED) is 0.611. The summed E-state index contributed by atoms with van der Waals surface area (Å²) >= 11 is 0. The molecule has 0 bridgehead atoms. The zero-order chi connectivity index (χ0) is 16.9. The van der Waals surface area contributed by atoms with Crippen LogP contribution in [0.3, 0.4) is 0 Å². The van der Waals surface area contributed by atoms with E-state index in [-0.39, 0.29) is 5.54 Å². The van der Waals surface area contributed by atoms with Gasteiger partial charge in [0.25, 0.3) is 0 Å². The largest absolute Gasteiger partial charge is 0.475 e. The van der Waals surface area contributed by atoms with Crippen molar-refractivity contribution < 1.29 is 4.74 Å². The van der Waals surface area contributed by atoms with Crippen LogP contribution in [-0.4, -0.2) is 18.0 Å². The SMILES string of the molecule is C=CC(=C)C1CCC2CCCCC2C1.C=CC1=NC(C)(C)CO1. The molecule has 2 aliphatic carbocycles. The number of aliphatic imine (C=N–C) groups is 1. The number of nitrogens with zero attached hydrogens (tertiary/aromatic N) is 1. The van der Waals surface area contributed by atoms with Crippen molar-refractivity contribution in [3.63, 3.8) is 0 Å². The van der Waals surface area contributed by atoms with Crippen molar-refractivity contribution in [3.8, 4) is 0 Å². The van der Waals surface area contributed by atoms with E-state index in [4.69, 9.17) is 4.74 Å². The molecule has 2 nitrogen and oxygen atoms in total. The van der Waals surface area contributed by atoms with Crippen LogP contribution in [0.25, 0.3) is 0 Å². The molecule has 3 unspecified atom stereocenters. The fourth-order valence-corrected chi connectivity index (χ4v) is 4.09. The Hall–Kier alpha value is -1.31. The topological polar surface area (TPSA) is 21.6 Å². The van der Waals surface area contributed by atoms with Gasteiger partial charge >= 0.3 is 0 Å². The normalized spacial score (nSPS) is 31.6. The van der Waals surface area contributed by atoms with E-state index in [0.29, 0.717) is 12.5 Å². The molecule has 0 N–H and O–H groups in total. The number of allylic oxidation sites excluding steroid dienone is 2. The maximum atomic E-state index is 5.15. The Labute approximate surface area is 142 Å². The Kier molecular flexibility index (Phi) is 6.26. The molecule has 0 spiro atoms. The lowest BCUT2D eigenvalue weighted by molar-refractivity contribution is 0.144. The summed E-state index contributed by atoms with van der Waals surface area (Å²) in [5.41, 5.74) is 1.25. The third kappa shape index (κ3) is 5.09. The van der Waals surface area contributed by atoms with E-state index in [2.05, 4.69) is 24.7 Å². The van der Waals surface area contributed by atoms with Gasteiger partial charge in [-0.1, -0.05) is 57.1 Å². The summed E-state index contributed by atoms with van der Waals surface area (Å²) in [7, 11) is 0. The lowest BCUT2D eigenvalue weighted by Crippen LogP contribution is -2.28. The van der Waals surface area contributed by atoms with Gasteiger partial charge < -0.3 is 4.74 Å². The van der Waals surface area contributed by atoms with E-state index in [9.17, 15) is 0 Å². The first-order valence-corrected chi connectivity index (χ1v) is 9.11. The standard InChI is InChI=1S/C14H22.C7H11NO/c1-3-11(2)13-9-8-12-6-4-5-7-14(12)10-13;1-4-6-8-7(2,3)5-9-6/h3,12-14H,1-2,4-10H2;4H,1,5H2,2-3H3. The van der Waals surface area contributed by atoms with Crippen LogP contribution in [0.1, 0.15) is 58.8 Å². The molecule has 1 heterocycles. The van der Waals surface area contributed by atoms with Crippen LogP contribution in [0.4, 0.5) is 0 Å². The average molecular weight is 316 g/mol. The maximum Gasteiger partial charge on any atom is 0.208 e. The van der Waals surface area contributed by atoms with Crippen LogP contribution >= 0.6 is 0 Å². The number of ether oxygens (including phenoxy) is 1. The van der Waals surface area contributed by atoms with Gasteiger partial charge in [-0.3, -0.25) is 0 Å². The molecule has 0 aromatic rings. The minimum atomic E-state index is -0.0382. The molecular formula is C21H33NO. The van der Waals surface area contributed by atoms with Crippen molar-refractivity contribution in [2.75, 3.05) is 6.61 Å². The van der Waals surface area contributed by atoms with Gasteiger partial charge in [-0.25, -0.2) is 4.99 Å². The Bertz CT molecular complexity index is 474. The van der Waals surface area contributed by atoms with Gasteiger partial charge in [-0.2, -0.15) is 0 Å². The van der Waals surface area contributed by atoms with E-state index < -0.39 is 0 Å². The summed E-state index contributed by atoms with van der Waals surface area (Å²) in [4.78, 5) is 4.22. The molecule has 3 aliphatic rings. The summed E-state index contributed by atoms with van der Waals surface area (Å²) < 4.78 is 5.15. The molecule has 0 aromatic carbocycles. The molecule has 0 radical (unpaired) electrons. The van der Waals surface area contributed by atoms with Crippen LogP contribution in [0.5, 0.6) is 0 Å². The molecule has 2 fully saturated rings. The lowest BCUT2D eigenvalue weighted by atomic mass is 9.66. The fourth-order valence-electron chi connectivity index (χ4n) is 4.09. The Morgan fingerprint density at radius 1 is 1.13 bits per heavy atom. The predicted molar refractivity (Wildman–Crippen MR) is 99.8 cm³/mol. The molecular weight excluding hydrogens is 282 g/mol. The van der Waals surface area contributed by atoms with Gasteiger partial charge in [0.15, 0.2) is 0 Å². The second kappa shape index (κ2) is 7.99. The molecule has 2 saturated carbocycles. The number of rotatable bonds is 3. The van der Waals surface area contributed by atoms with Gasteiger partial charge in [-0.05, 0) is 56.9 Å². The van der Waals surface area contributed by atoms with E-state index in [0.717, 1.165) is 17.8 Å². The minimum Gasteiger partial charge on any atom is -0.475 e. The molecule has 0 aromatic heterocycles. The van der Waals surface area contributed by atoms with Crippen LogP contribution in [0, 0.1) is 17.8 Å². The van der Waals surface area contributed by atoms with Crippen molar-refractivity contribution in [3.05, 3.63) is 37.5 Å². The predicted octanol–water partition coefficient (Wildman–Crippen LogP) is 5.71. The number of fused-ring (bicyclic) bond motifs is 1. The van der Waals surface area contributed by atoms with Gasteiger partial charge in [0.2, 0.25) is 5.90 Å². The average Bonchev–Trinajstić information content (AvgIpc) is 2.93. The first kappa shape index (κ1) is 18.0. The molecule has 128 valence electrons. The van der Waals surface area contributed by atoms with Crippen molar-refractivity contribution in [1.29, 1.82) is 0 Å². The molecule has 0 saturated heterocycles. The summed E-state index contributed by atoms with van der Waals surface area (Å²) in [5.74, 6) is 3.49. The molecule has 23 heavy (non-hydrogen) atoms. The third-order valence-electron chi connectivity index (χ3n) is 5.49. The number of hydrogen-bond donors (Lipinski definition) is 0. The third-order valence-corrected chi connectivity index (χ3v) is 5.49. The van der Waals surface area contributed by atoms with Gasteiger partial charge in [-0.15, -0.1) is 0 Å². The molecule has 3 rings (SSSR count). The zero-order valence-electron chi connectivity index (χ0n) is 15.0. The highest BCUT2D eigenvalue weighted by Crippen LogP contribution is 2.44. The van der Waals surface area contributed by atoms with Crippen LogP contribution < -0.4 is 0 Å². The van der Waals surface area contributed by atoms with E-state index >= 15 is 0 Å². The van der Waals surface area contributed by atoms with Crippen molar-refractivity contribution in [2.24, 2.45) is 22.7 Å². The number of hydrogen-bond acceptors (Lipinski definition) is 2. The van der Waals surface area contributed by atoms with E-state index in [1.54, 1.807) is 6.08 Å². The second-order valence-electron chi connectivity index (χ2n) is 7.85. The second-order valence-corrected chi connectivity index (χ2v) is 7.85. The summed E-state index contributed by atoms with van der Waals surface area (Å²) in [5, 5.41) is 0. The van der Waals surface area contributed by atoms with Crippen molar-refractivity contribution in [1.82, 2.24) is 0 Å².